The van der Waals surface area contributed by atoms with E-state index in [-0.39, 0.29) is 12.3 Å². The molecule has 1 saturated heterocycles. The molecule has 1 aliphatic heterocycles. The normalized spacial score (nSPS) is 15.3. The van der Waals surface area contributed by atoms with E-state index in [1.165, 1.54) is 5.56 Å². The van der Waals surface area contributed by atoms with E-state index < -0.39 is 0 Å². The SMILES string of the molecule is Cc1cccc(NC(=O)Cc2csc(-c3cccc(CN4CCN(C)CC4)c3)n2)c1. The Kier molecular flexibility index (Phi) is 6.57. The number of nitrogens with one attached hydrogen (secondary N) is 1. The quantitative estimate of drug-likeness (QED) is 0.654. The van der Waals surface area contributed by atoms with E-state index in [1.807, 2.05) is 36.6 Å². The second-order valence-corrected chi connectivity index (χ2v) is 8.88. The number of nitrogens with zero attached hydrogens (tertiary/aromatic N) is 3. The van der Waals surface area contributed by atoms with E-state index in [0.717, 1.165) is 60.2 Å². The monoisotopic (exact) mass is 420 g/mol. The molecule has 0 radical (unpaired) electrons. The fourth-order valence-corrected chi connectivity index (χ4v) is 4.50. The number of hydrogen-bond donors (Lipinski definition) is 1. The largest absolute Gasteiger partial charge is 0.326 e. The highest BCUT2D eigenvalue weighted by Crippen LogP contribution is 2.25. The van der Waals surface area contributed by atoms with Gasteiger partial charge >= 0.3 is 0 Å². The van der Waals surface area contributed by atoms with E-state index in [4.69, 9.17) is 4.98 Å². The minimum absolute atomic E-state index is 0.0405. The molecule has 0 spiro atoms. The molecule has 3 aromatic rings. The van der Waals surface area contributed by atoms with E-state index in [9.17, 15) is 4.79 Å². The van der Waals surface area contributed by atoms with Gasteiger partial charge in [-0.3, -0.25) is 9.69 Å². The zero-order valence-corrected chi connectivity index (χ0v) is 18.4. The van der Waals surface area contributed by atoms with Crippen LogP contribution in [0.1, 0.15) is 16.8 Å². The Hall–Kier alpha value is -2.54. The Morgan fingerprint density at radius 1 is 1.10 bits per heavy atom. The molecule has 5 nitrogen and oxygen atoms in total. The fraction of sp³-hybridized carbons (Fsp3) is 0.333. The number of aryl methyl sites for hydroxylation is 1. The Bertz CT molecular complexity index is 1010. The van der Waals surface area contributed by atoms with Gasteiger partial charge in [0, 0.05) is 49.4 Å². The molecule has 1 N–H and O–H groups in total. The number of carbonyl (C=O) groups excluding carboxylic acids is 1. The molecule has 1 aromatic heterocycles. The van der Waals surface area contributed by atoms with E-state index in [1.54, 1.807) is 11.3 Å². The zero-order valence-electron chi connectivity index (χ0n) is 17.6. The molecule has 0 saturated carbocycles. The highest BCUT2D eigenvalue weighted by atomic mass is 32.1. The van der Waals surface area contributed by atoms with Crippen molar-refractivity contribution in [3.05, 3.63) is 70.7 Å². The maximum atomic E-state index is 12.4. The lowest BCUT2D eigenvalue weighted by atomic mass is 10.1. The third-order valence-corrected chi connectivity index (χ3v) is 6.31. The number of thiazole rings is 1. The van der Waals surface area contributed by atoms with Crippen LogP contribution >= 0.6 is 11.3 Å². The third-order valence-electron chi connectivity index (χ3n) is 5.37. The van der Waals surface area contributed by atoms with Gasteiger partial charge in [0.15, 0.2) is 0 Å². The first kappa shape index (κ1) is 20.7. The van der Waals surface area contributed by atoms with Crippen molar-refractivity contribution >= 4 is 22.9 Å². The van der Waals surface area contributed by atoms with Crippen molar-refractivity contribution in [3.63, 3.8) is 0 Å². The minimum Gasteiger partial charge on any atom is -0.326 e. The van der Waals surface area contributed by atoms with Gasteiger partial charge in [0.25, 0.3) is 0 Å². The predicted molar refractivity (Wildman–Crippen MR) is 124 cm³/mol. The summed E-state index contributed by atoms with van der Waals surface area (Å²) in [4.78, 5) is 22.0. The summed E-state index contributed by atoms with van der Waals surface area (Å²) in [6.07, 6.45) is 0.283. The van der Waals surface area contributed by atoms with E-state index in [0.29, 0.717) is 0 Å². The number of piperazine rings is 1. The first-order valence-corrected chi connectivity index (χ1v) is 11.2. The van der Waals surface area contributed by atoms with Crippen LogP contribution in [0.2, 0.25) is 0 Å². The Morgan fingerprint density at radius 2 is 1.90 bits per heavy atom. The van der Waals surface area contributed by atoms with Gasteiger partial charge in [0.05, 0.1) is 12.1 Å². The summed E-state index contributed by atoms with van der Waals surface area (Å²) in [6.45, 7) is 7.45. The van der Waals surface area contributed by atoms with Crippen molar-refractivity contribution < 1.29 is 4.79 Å². The van der Waals surface area contributed by atoms with Gasteiger partial charge in [0.2, 0.25) is 5.91 Å². The average molecular weight is 421 g/mol. The number of hydrogen-bond acceptors (Lipinski definition) is 5. The second kappa shape index (κ2) is 9.51. The summed E-state index contributed by atoms with van der Waals surface area (Å²) in [5.41, 5.74) is 5.19. The Balaban J connectivity index is 1.38. The van der Waals surface area contributed by atoms with Crippen molar-refractivity contribution in [2.24, 2.45) is 0 Å². The topological polar surface area (TPSA) is 48.5 Å². The number of benzene rings is 2. The number of anilines is 1. The standard InChI is InChI=1S/C24H28N4OS/c1-18-5-3-8-21(13-18)25-23(29)15-22-17-30-24(26-22)20-7-4-6-19(14-20)16-28-11-9-27(2)10-12-28/h3-8,13-14,17H,9-12,15-16H2,1-2H3,(H,25,29). The van der Waals surface area contributed by atoms with E-state index in [2.05, 4.69) is 46.4 Å². The van der Waals surface area contributed by atoms with Crippen molar-refractivity contribution in [1.29, 1.82) is 0 Å². The number of rotatable bonds is 6. The van der Waals surface area contributed by atoms with Gasteiger partial charge in [-0.05, 0) is 43.3 Å². The summed E-state index contributed by atoms with van der Waals surface area (Å²) in [6, 6.07) is 16.5. The summed E-state index contributed by atoms with van der Waals surface area (Å²) in [5, 5.41) is 5.91. The number of likely N-dealkylation sites (N-methyl/N-ethyl adjacent to an activating group) is 1. The number of amides is 1. The summed E-state index contributed by atoms with van der Waals surface area (Å²) >= 11 is 1.60. The van der Waals surface area contributed by atoms with Gasteiger partial charge in [-0.15, -0.1) is 11.3 Å². The molecular weight excluding hydrogens is 392 g/mol. The fourth-order valence-electron chi connectivity index (χ4n) is 3.68. The molecule has 6 heteroatoms. The van der Waals surface area contributed by atoms with Crippen LogP contribution in [-0.4, -0.2) is 53.9 Å². The lowest BCUT2D eigenvalue weighted by molar-refractivity contribution is -0.115. The molecule has 2 heterocycles. The van der Waals surface area contributed by atoms with Crippen molar-refractivity contribution in [2.45, 2.75) is 19.9 Å². The van der Waals surface area contributed by atoms with Gasteiger partial charge in [-0.2, -0.15) is 0 Å². The molecule has 156 valence electrons. The van der Waals surface area contributed by atoms with Crippen LogP contribution in [-0.2, 0) is 17.8 Å². The predicted octanol–water partition coefficient (Wildman–Crippen LogP) is 4.05. The van der Waals surface area contributed by atoms with Crippen LogP contribution in [0, 0.1) is 6.92 Å². The molecule has 0 aliphatic carbocycles. The Labute approximate surface area is 182 Å². The molecular formula is C24H28N4OS. The van der Waals surface area contributed by atoms with Crippen LogP contribution in [0.15, 0.2) is 53.9 Å². The van der Waals surface area contributed by atoms with Crippen LogP contribution in [0.3, 0.4) is 0 Å². The van der Waals surface area contributed by atoms with Gasteiger partial charge in [-0.25, -0.2) is 4.98 Å². The zero-order chi connectivity index (χ0) is 20.9. The second-order valence-electron chi connectivity index (χ2n) is 8.02. The van der Waals surface area contributed by atoms with Gasteiger partial charge < -0.3 is 10.2 Å². The molecule has 0 atom stereocenters. The average Bonchev–Trinajstić information content (AvgIpc) is 3.18. The van der Waals surface area contributed by atoms with Gasteiger partial charge in [-0.1, -0.05) is 30.3 Å². The summed E-state index contributed by atoms with van der Waals surface area (Å²) < 4.78 is 0. The smallest absolute Gasteiger partial charge is 0.230 e. The number of carbonyl (C=O) groups is 1. The lowest BCUT2D eigenvalue weighted by Gasteiger charge is -2.32. The molecule has 0 unspecified atom stereocenters. The van der Waals surface area contributed by atoms with E-state index >= 15 is 0 Å². The third kappa shape index (κ3) is 5.53. The van der Waals surface area contributed by atoms with Crippen molar-refractivity contribution in [1.82, 2.24) is 14.8 Å². The molecule has 1 amide bonds. The van der Waals surface area contributed by atoms with Crippen molar-refractivity contribution in [2.75, 3.05) is 38.5 Å². The first-order chi connectivity index (χ1) is 14.5. The first-order valence-electron chi connectivity index (χ1n) is 10.4. The van der Waals surface area contributed by atoms with Crippen LogP contribution in [0.25, 0.3) is 10.6 Å². The van der Waals surface area contributed by atoms with Crippen LogP contribution in [0.5, 0.6) is 0 Å². The molecule has 2 aromatic carbocycles. The van der Waals surface area contributed by atoms with Gasteiger partial charge in [0.1, 0.15) is 5.01 Å². The van der Waals surface area contributed by atoms with Crippen molar-refractivity contribution in [3.8, 4) is 10.6 Å². The highest BCUT2D eigenvalue weighted by Gasteiger charge is 2.15. The lowest BCUT2D eigenvalue weighted by Crippen LogP contribution is -2.43. The van der Waals surface area contributed by atoms with Crippen LogP contribution in [0.4, 0.5) is 5.69 Å². The Morgan fingerprint density at radius 3 is 2.70 bits per heavy atom. The number of aromatic nitrogens is 1. The highest BCUT2D eigenvalue weighted by molar-refractivity contribution is 7.13. The maximum Gasteiger partial charge on any atom is 0.230 e. The maximum absolute atomic E-state index is 12.4. The molecule has 0 bridgehead atoms. The molecule has 4 rings (SSSR count). The molecule has 1 fully saturated rings. The minimum atomic E-state index is -0.0405. The summed E-state index contributed by atoms with van der Waals surface area (Å²) in [5.74, 6) is -0.0405. The molecule has 30 heavy (non-hydrogen) atoms. The summed E-state index contributed by atoms with van der Waals surface area (Å²) in [7, 11) is 2.18. The molecule has 1 aliphatic rings. The van der Waals surface area contributed by atoms with Crippen LogP contribution < -0.4 is 5.32 Å².